The molecule has 0 radical (unpaired) electrons. The van der Waals surface area contributed by atoms with Crippen LogP contribution in [0.1, 0.15) is 49.9 Å². The van der Waals surface area contributed by atoms with Crippen LogP contribution in [0.15, 0.2) is 308 Å². The number of hydrogen-bond acceptors (Lipinski definition) is 2. The van der Waals surface area contributed by atoms with Crippen LogP contribution in [0.5, 0.6) is 0 Å². The third kappa shape index (κ3) is 8.74. The number of aromatic nitrogens is 4. The second-order valence-electron chi connectivity index (χ2n) is 24.3. The van der Waals surface area contributed by atoms with E-state index in [1.165, 1.54) is 127 Å². The molecule has 4 aromatic heterocycles. The highest BCUT2D eigenvalue weighted by Gasteiger charge is 2.38. The van der Waals surface area contributed by atoms with Crippen molar-refractivity contribution in [2.24, 2.45) is 0 Å². The van der Waals surface area contributed by atoms with Gasteiger partial charge >= 0.3 is 0 Å². The first-order valence-electron chi connectivity index (χ1n) is 30.6. The standard InChI is InChI=1S/C41H31N3.C21H18BrN.C20H14N2/c1-41(2)34-15-7-10-18-38(34)43(39-19-11-8-16-35(39)41)30-22-20-28(21-23-30)42-27-26-33-36(42)25-24-32-31-14-6-9-17-37(31)44(40(32)33)29-12-4-3-5-13-29;1-21(2)17-7-3-5-9-19(17)23(16-13-11-15(22)12-14-16)20-10-6-4-8-18(20)21;1-2-6-14(7-3-1)22-19-9-5-4-8-15(19)16-10-11-18-17(20(16)22)12-13-21-18/h3-27H,1-2H3;3-14H,1-2H3;1-13,21H. The van der Waals surface area contributed by atoms with Crippen molar-refractivity contribution in [2.75, 3.05) is 9.80 Å². The number of anilines is 6. The number of hydrogen-bond donors (Lipinski definition) is 1. The SMILES string of the molecule is CC1(C)c2ccccc2N(c2ccc(-n3ccc4c3ccc3c5ccccc5n(-c5ccccc5)c34)cc2)c2ccccc21.CC1(C)c2ccccc2N(c2ccc(Br)cc2)c2ccccc21.c1ccc(-n2c3ccccc3c3ccc4[nH]ccc4c32)cc1. The Hall–Kier alpha value is -10.6. The van der Waals surface area contributed by atoms with E-state index in [0.717, 1.165) is 15.8 Å². The summed E-state index contributed by atoms with van der Waals surface area (Å²) in [6.07, 6.45) is 4.22. The Morgan fingerprint density at radius 3 is 1.17 bits per heavy atom. The molecule has 428 valence electrons. The molecule has 0 bridgehead atoms. The number of nitrogens with zero attached hydrogens (tertiary/aromatic N) is 5. The van der Waals surface area contributed by atoms with Gasteiger partial charge in [-0.25, -0.2) is 0 Å². The molecule has 0 spiro atoms. The summed E-state index contributed by atoms with van der Waals surface area (Å²) in [5.74, 6) is 0. The van der Waals surface area contributed by atoms with Gasteiger partial charge in [0.05, 0.1) is 50.3 Å². The zero-order valence-electron chi connectivity index (χ0n) is 50.0. The zero-order chi connectivity index (χ0) is 60.0. The molecular weight excluding hydrogens is 1150 g/mol. The first-order chi connectivity index (χ1) is 43.6. The van der Waals surface area contributed by atoms with E-state index in [2.05, 4.69) is 369 Å². The maximum atomic E-state index is 3.53. The van der Waals surface area contributed by atoms with Crippen LogP contribution in [0.2, 0.25) is 0 Å². The van der Waals surface area contributed by atoms with Crippen LogP contribution >= 0.6 is 15.9 Å². The number of fused-ring (bicyclic) bond motifs is 14. The van der Waals surface area contributed by atoms with E-state index < -0.39 is 0 Å². The lowest BCUT2D eigenvalue weighted by Crippen LogP contribution is -2.30. The molecule has 16 aromatic rings. The summed E-state index contributed by atoms with van der Waals surface area (Å²) >= 11 is 3.53. The molecule has 0 saturated heterocycles. The fourth-order valence-electron chi connectivity index (χ4n) is 14.4. The fraction of sp³-hybridized carbons (Fsp3) is 0.0732. The van der Waals surface area contributed by atoms with Crippen molar-refractivity contribution < 1.29 is 0 Å². The van der Waals surface area contributed by atoms with E-state index in [-0.39, 0.29) is 10.8 Å². The summed E-state index contributed by atoms with van der Waals surface area (Å²) in [5.41, 5.74) is 23.6. The van der Waals surface area contributed by atoms with E-state index >= 15 is 0 Å². The number of para-hydroxylation sites is 8. The van der Waals surface area contributed by atoms with Crippen LogP contribution in [0.25, 0.3) is 82.5 Å². The van der Waals surface area contributed by atoms with Gasteiger partial charge in [0.15, 0.2) is 0 Å². The highest BCUT2D eigenvalue weighted by atomic mass is 79.9. The van der Waals surface area contributed by atoms with Crippen LogP contribution in [-0.2, 0) is 10.8 Å². The minimum atomic E-state index is -0.0682. The Bertz CT molecular complexity index is 5240. The second-order valence-corrected chi connectivity index (χ2v) is 25.3. The molecule has 7 heteroatoms. The summed E-state index contributed by atoms with van der Waals surface area (Å²) in [6.45, 7) is 9.28. The molecule has 0 saturated carbocycles. The van der Waals surface area contributed by atoms with Gasteiger partial charge in [-0.05, 0) is 156 Å². The highest BCUT2D eigenvalue weighted by Crippen LogP contribution is 2.53. The van der Waals surface area contributed by atoms with Gasteiger partial charge in [-0.1, -0.05) is 201 Å². The lowest BCUT2D eigenvalue weighted by molar-refractivity contribution is 0.632. The third-order valence-corrected chi connectivity index (χ3v) is 19.2. The van der Waals surface area contributed by atoms with Crippen molar-refractivity contribution in [2.45, 2.75) is 38.5 Å². The Labute approximate surface area is 526 Å². The average Bonchev–Trinajstić information content (AvgIpc) is 1.58. The molecule has 0 atom stereocenters. The van der Waals surface area contributed by atoms with Crippen molar-refractivity contribution in [3.05, 3.63) is 330 Å². The van der Waals surface area contributed by atoms with Crippen molar-refractivity contribution >= 4 is 115 Å². The van der Waals surface area contributed by atoms with E-state index in [1.807, 2.05) is 6.20 Å². The number of rotatable bonds is 5. The van der Waals surface area contributed by atoms with Crippen molar-refractivity contribution in [3.8, 4) is 17.1 Å². The topological polar surface area (TPSA) is 37.1 Å². The molecule has 0 fully saturated rings. The Kier molecular flexibility index (Phi) is 12.9. The second kappa shape index (κ2) is 21.4. The summed E-state index contributed by atoms with van der Waals surface area (Å²) in [5, 5.41) is 7.65. The molecule has 0 amide bonds. The number of halogens is 1. The van der Waals surface area contributed by atoms with Crippen LogP contribution in [0.4, 0.5) is 34.1 Å². The van der Waals surface area contributed by atoms with Crippen LogP contribution in [0, 0.1) is 0 Å². The van der Waals surface area contributed by atoms with E-state index in [1.54, 1.807) is 0 Å². The molecule has 18 rings (SSSR count). The Balaban J connectivity index is 0.000000119. The number of nitrogens with one attached hydrogen (secondary N) is 1. The minimum Gasteiger partial charge on any atom is -0.361 e. The molecule has 2 aliphatic rings. The smallest absolute Gasteiger partial charge is 0.0635 e. The van der Waals surface area contributed by atoms with Gasteiger partial charge in [-0.15, -0.1) is 0 Å². The molecule has 0 unspecified atom stereocenters. The van der Waals surface area contributed by atoms with E-state index in [9.17, 15) is 0 Å². The van der Waals surface area contributed by atoms with Crippen LogP contribution in [0.3, 0.4) is 0 Å². The van der Waals surface area contributed by atoms with Gasteiger partial charge in [0.2, 0.25) is 0 Å². The van der Waals surface area contributed by atoms with Gasteiger partial charge in [-0.2, -0.15) is 0 Å². The molecule has 2 aliphatic heterocycles. The fourth-order valence-corrected chi connectivity index (χ4v) is 14.7. The van der Waals surface area contributed by atoms with Crippen LogP contribution in [-0.4, -0.2) is 18.7 Å². The van der Waals surface area contributed by atoms with Gasteiger partial charge in [-0.3, -0.25) is 0 Å². The largest absolute Gasteiger partial charge is 0.361 e. The van der Waals surface area contributed by atoms with Crippen molar-refractivity contribution in [1.82, 2.24) is 18.7 Å². The Morgan fingerprint density at radius 1 is 0.292 bits per heavy atom. The average molecular weight is 1210 g/mol. The predicted molar refractivity (Wildman–Crippen MR) is 378 cm³/mol. The highest BCUT2D eigenvalue weighted by molar-refractivity contribution is 9.10. The predicted octanol–water partition coefficient (Wildman–Crippen LogP) is 22.7. The first kappa shape index (κ1) is 53.8. The number of aromatic amines is 1. The first-order valence-corrected chi connectivity index (χ1v) is 31.4. The van der Waals surface area contributed by atoms with Crippen molar-refractivity contribution in [3.63, 3.8) is 0 Å². The third-order valence-electron chi connectivity index (χ3n) is 18.6. The quantitative estimate of drug-likeness (QED) is 0.186. The molecule has 0 aliphatic carbocycles. The number of H-pyrrole nitrogens is 1. The summed E-state index contributed by atoms with van der Waals surface area (Å²) < 4.78 is 8.18. The van der Waals surface area contributed by atoms with Gasteiger partial charge in [0.25, 0.3) is 0 Å². The minimum absolute atomic E-state index is 0.000942. The molecule has 6 heterocycles. The summed E-state index contributed by atoms with van der Waals surface area (Å²) in [7, 11) is 0. The summed E-state index contributed by atoms with van der Waals surface area (Å²) in [4.78, 5) is 8.10. The maximum Gasteiger partial charge on any atom is 0.0635 e. The van der Waals surface area contributed by atoms with Gasteiger partial charge in [0.1, 0.15) is 0 Å². The molecule has 1 N–H and O–H groups in total. The van der Waals surface area contributed by atoms with Crippen molar-refractivity contribution in [1.29, 1.82) is 0 Å². The van der Waals surface area contributed by atoms with Crippen LogP contribution < -0.4 is 9.80 Å². The maximum absolute atomic E-state index is 3.53. The molecule has 12 aromatic carbocycles. The lowest BCUT2D eigenvalue weighted by Gasteiger charge is -2.42. The molecule has 6 nitrogen and oxygen atoms in total. The monoisotopic (exact) mass is 1210 g/mol. The zero-order valence-corrected chi connectivity index (χ0v) is 51.6. The normalized spacial score (nSPS) is 13.6. The van der Waals surface area contributed by atoms with Gasteiger partial charge in [0, 0.05) is 94.0 Å². The number of benzene rings is 12. The molecule has 89 heavy (non-hydrogen) atoms. The van der Waals surface area contributed by atoms with E-state index in [4.69, 9.17) is 0 Å². The summed E-state index contributed by atoms with van der Waals surface area (Å²) in [6, 6.07) is 105. The lowest BCUT2D eigenvalue weighted by atomic mass is 9.73. The van der Waals surface area contributed by atoms with E-state index in [0.29, 0.717) is 0 Å². The molecular formula is C82H63BrN6. The van der Waals surface area contributed by atoms with Gasteiger partial charge < -0.3 is 28.5 Å². The Morgan fingerprint density at radius 2 is 0.685 bits per heavy atom.